The minimum Gasteiger partial charge on any atom is -0.425 e. The van der Waals surface area contributed by atoms with Crippen LogP contribution in [0.2, 0.25) is 0 Å². The second-order valence-electron chi connectivity index (χ2n) is 5.32. The van der Waals surface area contributed by atoms with Crippen molar-refractivity contribution in [3.8, 4) is 5.75 Å². The maximum absolute atomic E-state index is 12.5. The molecule has 1 aromatic heterocycles. The Hall–Kier alpha value is -2.14. The highest BCUT2D eigenvalue weighted by molar-refractivity contribution is 7.12. The number of para-hydroxylation sites is 1. The van der Waals surface area contributed by atoms with Crippen LogP contribution in [0.3, 0.4) is 0 Å². The normalized spacial score (nSPS) is 17.5. The van der Waals surface area contributed by atoms with Gasteiger partial charge in [0.1, 0.15) is 11.8 Å². The van der Waals surface area contributed by atoms with Gasteiger partial charge in [-0.05, 0) is 42.8 Å². The van der Waals surface area contributed by atoms with Crippen molar-refractivity contribution >= 4 is 23.2 Å². The molecule has 1 saturated heterocycles. The molecule has 0 aliphatic carbocycles. The molecule has 2 aromatic rings. The van der Waals surface area contributed by atoms with E-state index in [-0.39, 0.29) is 11.9 Å². The van der Waals surface area contributed by atoms with Gasteiger partial charge in [0.15, 0.2) is 0 Å². The summed E-state index contributed by atoms with van der Waals surface area (Å²) in [6.45, 7) is 2.50. The summed E-state index contributed by atoms with van der Waals surface area (Å²) >= 11 is 1.39. The number of carbonyl (C=O) groups excluding carboxylic acids is 2. The molecule has 1 atom stereocenters. The van der Waals surface area contributed by atoms with Crippen molar-refractivity contribution in [2.75, 3.05) is 6.54 Å². The first-order valence-corrected chi connectivity index (χ1v) is 8.16. The van der Waals surface area contributed by atoms with E-state index in [0.717, 1.165) is 12.0 Å². The molecule has 1 unspecified atom stereocenters. The molecule has 1 amide bonds. The van der Waals surface area contributed by atoms with E-state index >= 15 is 0 Å². The molecule has 2 heterocycles. The number of rotatable bonds is 3. The Labute approximate surface area is 133 Å². The van der Waals surface area contributed by atoms with E-state index in [0.29, 0.717) is 23.6 Å². The molecule has 114 valence electrons. The fraction of sp³-hybridized carbons (Fsp3) is 0.294. The molecule has 0 spiro atoms. The highest BCUT2D eigenvalue weighted by Crippen LogP contribution is 2.25. The summed E-state index contributed by atoms with van der Waals surface area (Å²) in [6, 6.07) is 10.5. The van der Waals surface area contributed by atoms with E-state index in [4.69, 9.17) is 4.74 Å². The minimum absolute atomic E-state index is 0.0840. The first kappa shape index (κ1) is 14.8. The summed E-state index contributed by atoms with van der Waals surface area (Å²) in [7, 11) is 0. The zero-order chi connectivity index (χ0) is 15.5. The predicted octanol–water partition coefficient (Wildman–Crippen LogP) is 3.27. The molecule has 1 aliphatic rings. The van der Waals surface area contributed by atoms with Crippen molar-refractivity contribution in [2.45, 2.75) is 25.8 Å². The monoisotopic (exact) mass is 315 g/mol. The second kappa shape index (κ2) is 6.32. The molecule has 5 heteroatoms. The molecule has 4 nitrogen and oxygen atoms in total. The van der Waals surface area contributed by atoms with Gasteiger partial charge in [-0.25, -0.2) is 4.79 Å². The number of ether oxygens (including phenoxy) is 1. The van der Waals surface area contributed by atoms with E-state index < -0.39 is 6.04 Å². The van der Waals surface area contributed by atoms with E-state index in [2.05, 4.69) is 0 Å². The largest absolute Gasteiger partial charge is 0.425 e. The number of hydrogen-bond donors (Lipinski definition) is 0. The van der Waals surface area contributed by atoms with Crippen LogP contribution in [0.4, 0.5) is 0 Å². The second-order valence-corrected chi connectivity index (χ2v) is 6.27. The minimum atomic E-state index is -0.491. The summed E-state index contributed by atoms with van der Waals surface area (Å²) < 4.78 is 5.50. The Morgan fingerprint density at radius 1 is 1.23 bits per heavy atom. The van der Waals surface area contributed by atoms with Crippen LogP contribution in [-0.2, 0) is 4.79 Å². The summed E-state index contributed by atoms with van der Waals surface area (Å²) in [5, 5.41) is 1.87. The number of esters is 1. The third-order valence-electron chi connectivity index (χ3n) is 3.82. The molecule has 0 bridgehead atoms. The van der Waals surface area contributed by atoms with Crippen molar-refractivity contribution in [2.24, 2.45) is 0 Å². The van der Waals surface area contributed by atoms with Crippen molar-refractivity contribution in [3.63, 3.8) is 0 Å². The average molecular weight is 315 g/mol. The van der Waals surface area contributed by atoms with Gasteiger partial charge in [0.05, 0.1) is 4.88 Å². The fourth-order valence-corrected chi connectivity index (χ4v) is 3.32. The van der Waals surface area contributed by atoms with Gasteiger partial charge in [0.2, 0.25) is 0 Å². The van der Waals surface area contributed by atoms with Crippen molar-refractivity contribution in [3.05, 3.63) is 52.2 Å². The van der Waals surface area contributed by atoms with Gasteiger partial charge in [-0.15, -0.1) is 11.3 Å². The number of hydrogen-bond acceptors (Lipinski definition) is 4. The Kier molecular flexibility index (Phi) is 4.24. The standard InChI is InChI=1S/C17H17NO3S/c1-12-6-2-3-8-14(12)21-17(20)13-7-4-10-18(13)16(19)15-9-5-11-22-15/h2-3,5-6,8-9,11,13H,4,7,10H2,1H3. The van der Waals surface area contributed by atoms with Crippen LogP contribution in [0.5, 0.6) is 5.75 Å². The molecule has 1 fully saturated rings. The first-order valence-electron chi connectivity index (χ1n) is 7.28. The number of nitrogens with zero attached hydrogens (tertiary/aromatic N) is 1. The number of aryl methyl sites for hydroxylation is 1. The number of thiophene rings is 1. The van der Waals surface area contributed by atoms with Crippen molar-refractivity contribution in [1.82, 2.24) is 4.90 Å². The number of amides is 1. The molecule has 0 N–H and O–H groups in total. The lowest BCUT2D eigenvalue weighted by molar-refractivity contribution is -0.138. The van der Waals surface area contributed by atoms with Crippen LogP contribution >= 0.6 is 11.3 Å². The van der Waals surface area contributed by atoms with Crippen LogP contribution in [-0.4, -0.2) is 29.4 Å². The zero-order valence-corrected chi connectivity index (χ0v) is 13.1. The molecule has 3 rings (SSSR count). The van der Waals surface area contributed by atoms with E-state index in [1.54, 1.807) is 17.0 Å². The predicted molar refractivity (Wildman–Crippen MR) is 85.2 cm³/mol. The van der Waals surface area contributed by atoms with Crippen molar-refractivity contribution in [1.29, 1.82) is 0 Å². The summed E-state index contributed by atoms with van der Waals surface area (Å²) in [5.74, 6) is 0.124. The highest BCUT2D eigenvalue weighted by atomic mass is 32.1. The van der Waals surface area contributed by atoms with Crippen LogP contribution in [0.25, 0.3) is 0 Å². The quantitative estimate of drug-likeness (QED) is 0.645. The Morgan fingerprint density at radius 3 is 2.77 bits per heavy atom. The fourth-order valence-electron chi connectivity index (χ4n) is 2.64. The van der Waals surface area contributed by atoms with Gasteiger partial charge in [0.25, 0.3) is 5.91 Å². The highest BCUT2D eigenvalue weighted by Gasteiger charge is 2.36. The number of benzene rings is 1. The maximum Gasteiger partial charge on any atom is 0.334 e. The Morgan fingerprint density at radius 2 is 2.05 bits per heavy atom. The summed E-state index contributed by atoms with van der Waals surface area (Å²) in [5.41, 5.74) is 0.907. The smallest absolute Gasteiger partial charge is 0.334 e. The molecule has 0 radical (unpaired) electrons. The first-order chi connectivity index (χ1) is 10.7. The van der Waals surface area contributed by atoms with Gasteiger partial charge in [-0.2, -0.15) is 0 Å². The van der Waals surface area contributed by atoms with Gasteiger partial charge in [-0.1, -0.05) is 24.3 Å². The van der Waals surface area contributed by atoms with Crippen molar-refractivity contribution < 1.29 is 14.3 Å². The number of carbonyl (C=O) groups is 2. The third-order valence-corrected chi connectivity index (χ3v) is 4.68. The van der Waals surface area contributed by atoms with E-state index in [9.17, 15) is 9.59 Å². The molecule has 1 aromatic carbocycles. The van der Waals surface area contributed by atoms with Gasteiger partial charge < -0.3 is 9.64 Å². The van der Waals surface area contributed by atoms with Crippen LogP contribution in [0, 0.1) is 6.92 Å². The molecular formula is C17H17NO3S. The van der Waals surface area contributed by atoms with Gasteiger partial charge >= 0.3 is 5.97 Å². The van der Waals surface area contributed by atoms with E-state index in [1.165, 1.54) is 11.3 Å². The molecular weight excluding hydrogens is 298 g/mol. The van der Waals surface area contributed by atoms with Crippen LogP contribution in [0.15, 0.2) is 41.8 Å². The van der Waals surface area contributed by atoms with Crippen LogP contribution in [0.1, 0.15) is 28.1 Å². The lowest BCUT2D eigenvalue weighted by Crippen LogP contribution is -2.42. The third kappa shape index (κ3) is 2.90. The maximum atomic E-state index is 12.5. The SMILES string of the molecule is Cc1ccccc1OC(=O)C1CCCN1C(=O)c1cccs1. The number of likely N-dealkylation sites (tertiary alicyclic amines) is 1. The van der Waals surface area contributed by atoms with E-state index in [1.807, 2.05) is 36.6 Å². The molecule has 0 saturated carbocycles. The summed E-state index contributed by atoms with van der Waals surface area (Å²) in [4.78, 5) is 27.2. The average Bonchev–Trinajstić information content (AvgIpc) is 3.20. The topological polar surface area (TPSA) is 46.6 Å². The lowest BCUT2D eigenvalue weighted by Gasteiger charge is -2.22. The Bertz CT molecular complexity index is 681. The molecule has 22 heavy (non-hydrogen) atoms. The van der Waals surface area contributed by atoms with Gasteiger partial charge in [-0.3, -0.25) is 4.79 Å². The Balaban J connectivity index is 1.74. The molecule has 1 aliphatic heterocycles. The zero-order valence-electron chi connectivity index (χ0n) is 12.3. The lowest BCUT2D eigenvalue weighted by atomic mass is 10.2. The van der Waals surface area contributed by atoms with Crippen LogP contribution < -0.4 is 4.74 Å². The summed E-state index contributed by atoms with van der Waals surface area (Å²) in [6.07, 6.45) is 1.48. The van der Waals surface area contributed by atoms with Gasteiger partial charge in [0, 0.05) is 6.54 Å².